The molecule has 4 rings (SSSR count). The third-order valence-electron chi connectivity index (χ3n) is 4.75. The molecular formula is C19H23N7OS. The van der Waals surface area contributed by atoms with Crippen molar-refractivity contribution >= 4 is 17.7 Å². The number of nitrogen functional groups attached to an aromatic ring is 1. The molecule has 3 aromatic rings. The lowest BCUT2D eigenvalue weighted by atomic mass is 10.0. The summed E-state index contributed by atoms with van der Waals surface area (Å²) < 4.78 is 3.01. The SMILES string of the molecule is Cc1cc(C)n(-c2nnc(SCC(=O)NC(c3ccccc3)C3CC3)n2N)n1. The molecule has 2 heterocycles. The molecular weight excluding hydrogens is 374 g/mol. The van der Waals surface area contributed by atoms with E-state index in [-0.39, 0.29) is 17.7 Å². The summed E-state index contributed by atoms with van der Waals surface area (Å²) in [7, 11) is 0. The zero-order valence-corrected chi connectivity index (χ0v) is 16.7. The Kier molecular flexibility index (Phi) is 5.08. The molecule has 2 aromatic heterocycles. The van der Waals surface area contributed by atoms with Crippen molar-refractivity contribution in [2.75, 3.05) is 11.6 Å². The van der Waals surface area contributed by atoms with Crippen LogP contribution in [0.5, 0.6) is 0 Å². The third-order valence-corrected chi connectivity index (χ3v) is 5.69. The predicted molar refractivity (Wildman–Crippen MR) is 108 cm³/mol. The van der Waals surface area contributed by atoms with Gasteiger partial charge in [-0.2, -0.15) is 5.10 Å². The van der Waals surface area contributed by atoms with Gasteiger partial charge in [-0.1, -0.05) is 42.1 Å². The second kappa shape index (κ2) is 7.67. The Hall–Kier alpha value is -2.81. The Labute approximate surface area is 167 Å². The van der Waals surface area contributed by atoms with E-state index in [4.69, 9.17) is 5.84 Å². The first-order valence-corrected chi connectivity index (χ1v) is 10.2. The van der Waals surface area contributed by atoms with Crippen LogP contribution < -0.4 is 11.2 Å². The second-order valence-electron chi connectivity index (χ2n) is 7.07. The maximum Gasteiger partial charge on any atom is 0.271 e. The van der Waals surface area contributed by atoms with Crippen LogP contribution >= 0.6 is 11.8 Å². The number of rotatable bonds is 7. The number of thioether (sulfide) groups is 1. The number of benzene rings is 1. The number of carbonyl (C=O) groups is 1. The molecule has 1 saturated carbocycles. The largest absolute Gasteiger partial charge is 0.348 e. The average molecular weight is 398 g/mol. The van der Waals surface area contributed by atoms with Crippen LogP contribution in [0.25, 0.3) is 5.95 Å². The van der Waals surface area contributed by atoms with E-state index in [0.29, 0.717) is 17.0 Å². The van der Waals surface area contributed by atoms with E-state index < -0.39 is 0 Å². The van der Waals surface area contributed by atoms with Crippen LogP contribution in [0, 0.1) is 19.8 Å². The maximum absolute atomic E-state index is 12.5. The normalized spacial score (nSPS) is 14.8. The standard InChI is InChI=1S/C19H23N7OS/c1-12-10-13(2)26(24-12)18-22-23-19(25(18)20)28-11-16(27)21-17(15-8-9-15)14-6-4-3-5-7-14/h3-7,10,15,17H,8-9,11,20H2,1-2H3,(H,21,27). The molecule has 1 atom stereocenters. The first-order chi connectivity index (χ1) is 13.5. The van der Waals surface area contributed by atoms with Crippen LogP contribution in [0.2, 0.25) is 0 Å². The summed E-state index contributed by atoms with van der Waals surface area (Å²) in [4.78, 5) is 12.5. The van der Waals surface area contributed by atoms with Crippen LogP contribution in [0.4, 0.5) is 0 Å². The summed E-state index contributed by atoms with van der Waals surface area (Å²) in [6.45, 7) is 3.83. The highest BCUT2D eigenvalue weighted by molar-refractivity contribution is 7.99. The molecule has 0 spiro atoms. The van der Waals surface area contributed by atoms with Crippen molar-refractivity contribution in [3.05, 3.63) is 53.3 Å². The van der Waals surface area contributed by atoms with Gasteiger partial charge in [0.05, 0.1) is 17.5 Å². The van der Waals surface area contributed by atoms with Crippen molar-refractivity contribution in [2.24, 2.45) is 5.92 Å². The van der Waals surface area contributed by atoms with Crippen LogP contribution in [0.3, 0.4) is 0 Å². The van der Waals surface area contributed by atoms with Crippen LogP contribution in [0.15, 0.2) is 41.6 Å². The lowest BCUT2D eigenvalue weighted by Crippen LogP contribution is -2.31. The summed E-state index contributed by atoms with van der Waals surface area (Å²) in [6.07, 6.45) is 2.30. The molecule has 28 heavy (non-hydrogen) atoms. The lowest BCUT2D eigenvalue weighted by molar-refractivity contribution is -0.119. The van der Waals surface area contributed by atoms with Gasteiger partial charge >= 0.3 is 0 Å². The molecule has 9 heteroatoms. The monoisotopic (exact) mass is 397 g/mol. The Bertz CT molecular complexity index is 978. The number of aryl methyl sites for hydroxylation is 2. The Morgan fingerprint density at radius 3 is 2.68 bits per heavy atom. The molecule has 0 radical (unpaired) electrons. The summed E-state index contributed by atoms with van der Waals surface area (Å²) in [5.74, 6) is 7.26. The van der Waals surface area contributed by atoms with Gasteiger partial charge in [0.2, 0.25) is 11.1 Å². The van der Waals surface area contributed by atoms with E-state index in [1.165, 1.54) is 16.4 Å². The quantitative estimate of drug-likeness (QED) is 0.468. The number of nitrogens with two attached hydrogens (primary N) is 1. The summed E-state index contributed by atoms with van der Waals surface area (Å²) in [5.41, 5.74) is 2.94. The van der Waals surface area contributed by atoms with Gasteiger partial charge in [-0.3, -0.25) is 4.79 Å². The van der Waals surface area contributed by atoms with E-state index in [1.807, 2.05) is 38.1 Å². The molecule has 3 N–H and O–H groups in total. The van der Waals surface area contributed by atoms with Crippen LogP contribution in [-0.2, 0) is 4.79 Å². The number of aromatic nitrogens is 5. The van der Waals surface area contributed by atoms with Gasteiger partial charge < -0.3 is 11.2 Å². The molecule has 0 saturated heterocycles. The zero-order valence-electron chi connectivity index (χ0n) is 15.9. The average Bonchev–Trinajstić information content (AvgIpc) is 3.39. The van der Waals surface area contributed by atoms with Crippen molar-refractivity contribution in [1.29, 1.82) is 0 Å². The van der Waals surface area contributed by atoms with Crippen molar-refractivity contribution in [1.82, 2.24) is 30.0 Å². The fourth-order valence-electron chi connectivity index (χ4n) is 3.25. The Morgan fingerprint density at radius 1 is 1.29 bits per heavy atom. The molecule has 1 fully saturated rings. The molecule has 0 bridgehead atoms. The summed E-state index contributed by atoms with van der Waals surface area (Å²) in [6, 6.07) is 12.1. The smallest absolute Gasteiger partial charge is 0.271 e. The Balaban J connectivity index is 1.40. The zero-order chi connectivity index (χ0) is 19.7. The van der Waals surface area contributed by atoms with Crippen LogP contribution in [-0.4, -0.2) is 36.3 Å². The van der Waals surface area contributed by atoms with E-state index in [0.717, 1.165) is 29.8 Å². The predicted octanol–water partition coefficient (Wildman–Crippen LogP) is 2.15. The number of nitrogens with zero attached hydrogens (tertiary/aromatic N) is 5. The highest BCUT2D eigenvalue weighted by Gasteiger charge is 2.33. The highest BCUT2D eigenvalue weighted by Crippen LogP contribution is 2.41. The number of hydrogen-bond donors (Lipinski definition) is 2. The highest BCUT2D eigenvalue weighted by atomic mass is 32.2. The van der Waals surface area contributed by atoms with Crippen molar-refractivity contribution < 1.29 is 4.79 Å². The maximum atomic E-state index is 12.5. The fourth-order valence-corrected chi connectivity index (χ4v) is 3.91. The third kappa shape index (κ3) is 3.89. The molecule has 8 nitrogen and oxygen atoms in total. The number of nitrogens with one attached hydrogen (secondary N) is 1. The van der Waals surface area contributed by atoms with Gasteiger partial charge in [0.25, 0.3) is 5.95 Å². The van der Waals surface area contributed by atoms with E-state index in [2.05, 4.69) is 32.7 Å². The van der Waals surface area contributed by atoms with Gasteiger partial charge in [0, 0.05) is 5.69 Å². The topological polar surface area (TPSA) is 104 Å². The molecule has 146 valence electrons. The van der Waals surface area contributed by atoms with Crippen LogP contribution in [0.1, 0.15) is 35.8 Å². The van der Waals surface area contributed by atoms with Gasteiger partial charge in [-0.15, -0.1) is 10.2 Å². The number of carbonyl (C=O) groups excluding carboxylic acids is 1. The second-order valence-corrected chi connectivity index (χ2v) is 8.02. The minimum Gasteiger partial charge on any atom is -0.348 e. The Morgan fingerprint density at radius 2 is 2.04 bits per heavy atom. The molecule has 1 amide bonds. The molecule has 1 aromatic carbocycles. The van der Waals surface area contributed by atoms with Gasteiger partial charge in [-0.05, 0) is 44.2 Å². The fraction of sp³-hybridized carbons (Fsp3) is 0.368. The summed E-state index contributed by atoms with van der Waals surface area (Å²) in [5, 5.41) is 16.2. The van der Waals surface area contributed by atoms with E-state index in [1.54, 1.807) is 4.68 Å². The van der Waals surface area contributed by atoms with Crippen molar-refractivity contribution in [2.45, 2.75) is 37.9 Å². The number of amides is 1. The van der Waals surface area contributed by atoms with Gasteiger partial charge in [0.1, 0.15) is 0 Å². The summed E-state index contributed by atoms with van der Waals surface area (Å²) >= 11 is 1.26. The first-order valence-electron chi connectivity index (χ1n) is 9.24. The molecule has 1 aliphatic rings. The van der Waals surface area contributed by atoms with E-state index >= 15 is 0 Å². The first kappa shape index (κ1) is 18.5. The van der Waals surface area contributed by atoms with Gasteiger partial charge in [0.15, 0.2) is 0 Å². The minimum absolute atomic E-state index is 0.0404. The van der Waals surface area contributed by atoms with Crippen molar-refractivity contribution in [3.8, 4) is 5.95 Å². The van der Waals surface area contributed by atoms with Crippen molar-refractivity contribution in [3.63, 3.8) is 0 Å². The molecule has 0 aliphatic heterocycles. The van der Waals surface area contributed by atoms with Gasteiger partial charge in [-0.25, -0.2) is 9.36 Å². The molecule has 1 unspecified atom stereocenters. The number of hydrogen-bond acceptors (Lipinski definition) is 6. The molecule has 1 aliphatic carbocycles. The van der Waals surface area contributed by atoms with E-state index in [9.17, 15) is 4.79 Å². The lowest BCUT2D eigenvalue weighted by Gasteiger charge is -2.18. The minimum atomic E-state index is -0.0404.